The van der Waals surface area contributed by atoms with Gasteiger partial charge in [0.1, 0.15) is 0 Å². The van der Waals surface area contributed by atoms with Gasteiger partial charge in [0.2, 0.25) is 0 Å². The molecule has 0 radical (unpaired) electrons. The number of benzene rings is 1. The fourth-order valence-electron chi connectivity index (χ4n) is 3.83. The Balaban J connectivity index is 1.56. The Hall–Kier alpha value is -1.83. The molecule has 28 heavy (non-hydrogen) atoms. The van der Waals surface area contributed by atoms with Gasteiger partial charge in [0.05, 0.1) is 24.9 Å². The largest absolute Gasteiger partial charge is 0.490 e. The molecule has 1 aromatic carbocycles. The zero-order valence-corrected chi connectivity index (χ0v) is 16.7. The van der Waals surface area contributed by atoms with E-state index in [4.69, 9.17) is 14.6 Å². The van der Waals surface area contributed by atoms with Gasteiger partial charge in [-0.05, 0) is 57.0 Å². The summed E-state index contributed by atoms with van der Waals surface area (Å²) in [5, 5.41) is 22.3. The molecule has 2 heterocycles. The maximum absolute atomic E-state index is 12.8. The Labute approximate surface area is 166 Å². The van der Waals surface area contributed by atoms with Crippen molar-refractivity contribution in [2.45, 2.75) is 38.7 Å². The van der Waals surface area contributed by atoms with E-state index < -0.39 is 6.10 Å². The molecule has 2 aliphatic rings. The van der Waals surface area contributed by atoms with E-state index in [0.29, 0.717) is 43.4 Å². The van der Waals surface area contributed by atoms with Gasteiger partial charge >= 0.3 is 0 Å². The molecule has 0 bridgehead atoms. The molecule has 2 atom stereocenters. The lowest BCUT2D eigenvalue weighted by Crippen LogP contribution is -2.47. The zero-order valence-electron chi connectivity index (χ0n) is 16.7. The van der Waals surface area contributed by atoms with Gasteiger partial charge in [-0.25, -0.2) is 0 Å². The van der Waals surface area contributed by atoms with E-state index in [9.17, 15) is 9.90 Å². The first-order valence-corrected chi connectivity index (χ1v) is 10.3. The highest BCUT2D eigenvalue weighted by atomic mass is 16.5. The van der Waals surface area contributed by atoms with Crippen LogP contribution in [0.4, 0.5) is 0 Å². The number of hydrogen-bond acceptors (Lipinski definition) is 6. The summed E-state index contributed by atoms with van der Waals surface area (Å²) in [5.74, 6) is 0.986. The monoisotopic (exact) mass is 392 g/mol. The lowest BCUT2D eigenvalue weighted by atomic mass is 9.93. The van der Waals surface area contributed by atoms with Gasteiger partial charge in [-0.15, -0.1) is 0 Å². The second kappa shape index (κ2) is 10.1. The van der Waals surface area contributed by atoms with Crippen LogP contribution in [0.25, 0.3) is 0 Å². The van der Waals surface area contributed by atoms with Crippen molar-refractivity contribution in [3.63, 3.8) is 0 Å². The fourth-order valence-corrected chi connectivity index (χ4v) is 3.83. The number of piperidine rings is 1. The molecule has 0 aromatic heterocycles. The summed E-state index contributed by atoms with van der Waals surface area (Å²) in [6.07, 6.45) is 2.89. The van der Waals surface area contributed by atoms with Crippen molar-refractivity contribution in [2.24, 2.45) is 5.92 Å². The molecule has 7 nitrogen and oxygen atoms in total. The van der Waals surface area contributed by atoms with Crippen LogP contribution in [-0.2, 0) is 0 Å². The average molecular weight is 392 g/mol. The maximum atomic E-state index is 12.8. The van der Waals surface area contributed by atoms with Crippen LogP contribution in [0.2, 0.25) is 0 Å². The van der Waals surface area contributed by atoms with Gasteiger partial charge in [-0.2, -0.15) is 0 Å². The van der Waals surface area contributed by atoms with Gasteiger partial charge in [0.15, 0.2) is 11.5 Å². The number of nitrogens with one attached hydrogen (secondary N) is 1. The minimum absolute atomic E-state index is 0.0404. The molecule has 2 aliphatic heterocycles. The number of β-amino-alcohol motifs (C(OH)–C–C–N with tert-alkyl or cyclic N) is 1. The first kappa shape index (κ1) is 20.9. The number of ether oxygens (including phenoxy) is 2. The number of likely N-dealkylation sites (tertiary alicyclic amines) is 1. The number of unbranched alkanes of at least 4 members (excludes halogenated alkanes) is 1. The molecule has 1 amide bonds. The van der Waals surface area contributed by atoms with Crippen molar-refractivity contribution in [2.75, 3.05) is 46.0 Å². The number of aliphatic hydroxyl groups excluding tert-OH is 2. The van der Waals surface area contributed by atoms with Gasteiger partial charge in [0, 0.05) is 32.0 Å². The Morgan fingerprint density at radius 2 is 2.11 bits per heavy atom. The molecule has 1 fully saturated rings. The molecule has 156 valence electrons. The van der Waals surface area contributed by atoms with E-state index in [1.165, 1.54) is 0 Å². The molecule has 1 saturated heterocycles. The normalized spacial score (nSPS) is 22.5. The molecule has 3 N–H and O–H groups in total. The van der Waals surface area contributed by atoms with Crippen LogP contribution in [0.3, 0.4) is 0 Å². The second-order valence-electron chi connectivity index (χ2n) is 7.75. The summed E-state index contributed by atoms with van der Waals surface area (Å²) < 4.78 is 11.5. The summed E-state index contributed by atoms with van der Waals surface area (Å²) in [6.45, 7) is 6.11. The van der Waals surface area contributed by atoms with Crippen molar-refractivity contribution in [1.82, 2.24) is 10.2 Å². The molecule has 7 heteroatoms. The summed E-state index contributed by atoms with van der Waals surface area (Å²) in [7, 11) is 0. The third kappa shape index (κ3) is 5.37. The van der Waals surface area contributed by atoms with Crippen LogP contribution < -0.4 is 14.8 Å². The second-order valence-corrected chi connectivity index (χ2v) is 7.75. The van der Waals surface area contributed by atoms with Crippen molar-refractivity contribution in [3.05, 3.63) is 23.3 Å². The molecule has 3 rings (SSSR count). The average Bonchev–Trinajstić information content (AvgIpc) is 2.92. The summed E-state index contributed by atoms with van der Waals surface area (Å²) in [4.78, 5) is 15.0. The van der Waals surface area contributed by atoms with Gasteiger partial charge < -0.3 is 29.9 Å². The van der Waals surface area contributed by atoms with Crippen molar-refractivity contribution in [1.29, 1.82) is 0 Å². The number of amides is 1. The minimum Gasteiger partial charge on any atom is -0.490 e. The first-order valence-electron chi connectivity index (χ1n) is 10.3. The van der Waals surface area contributed by atoms with Gasteiger partial charge in [0.25, 0.3) is 5.91 Å². The van der Waals surface area contributed by atoms with E-state index in [1.54, 1.807) is 0 Å². The Bertz CT molecular complexity index is 666. The van der Waals surface area contributed by atoms with E-state index in [0.717, 1.165) is 44.3 Å². The molecular formula is C21H32N2O5. The SMILES string of the molecule is Cc1cc2c(c(C(=O)NCC3CCN(CCCCO)CC3O)c1)OCCCO2. The number of fused-ring (bicyclic) bond motifs is 1. The van der Waals surface area contributed by atoms with Crippen LogP contribution in [0, 0.1) is 12.8 Å². The number of hydrogen-bond donors (Lipinski definition) is 3. The maximum Gasteiger partial charge on any atom is 0.255 e. The topological polar surface area (TPSA) is 91.3 Å². The van der Waals surface area contributed by atoms with Crippen LogP contribution in [0.5, 0.6) is 11.5 Å². The Morgan fingerprint density at radius 1 is 1.29 bits per heavy atom. The summed E-state index contributed by atoms with van der Waals surface area (Å²) in [6, 6.07) is 3.72. The van der Waals surface area contributed by atoms with Gasteiger partial charge in [-0.3, -0.25) is 4.79 Å². The molecule has 1 aromatic rings. The van der Waals surface area contributed by atoms with Crippen molar-refractivity contribution in [3.8, 4) is 11.5 Å². The number of rotatable bonds is 7. The zero-order chi connectivity index (χ0) is 19.9. The lowest BCUT2D eigenvalue weighted by Gasteiger charge is -2.36. The molecular weight excluding hydrogens is 360 g/mol. The Morgan fingerprint density at radius 3 is 2.89 bits per heavy atom. The highest BCUT2D eigenvalue weighted by Gasteiger charge is 2.28. The molecule has 2 unspecified atom stereocenters. The van der Waals surface area contributed by atoms with Crippen LogP contribution in [-0.4, -0.2) is 73.1 Å². The highest BCUT2D eigenvalue weighted by Crippen LogP contribution is 2.34. The number of aliphatic hydroxyl groups is 2. The Kier molecular flexibility index (Phi) is 7.53. The van der Waals surface area contributed by atoms with Gasteiger partial charge in [-0.1, -0.05) is 0 Å². The summed E-state index contributed by atoms with van der Waals surface area (Å²) in [5.41, 5.74) is 1.44. The molecule has 0 aliphatic carbocycles. The van der Waals surface area contributed by atoms with Crippen LogP contribution >= 0.6 is 0 Å². The van der Waals surface area contributed by atoms with E-state index >= 15 is 0 Å². The third-order valence-corrected chi connectivity index (χ3v) is 5.45. The number of aryl methyl sites for hydroxylation is 1. The van der Waals surface area contributed by atoms with E-state index in [-0.39, 0.29) is 18.4 Å². The number of nitrogens with zero attached hydrogens (tertiary/aromatic N) is 1. The fraction of sp³-hybridized carbons (Fsp3) is 0.667. The predicted octanol–water partition coefficient (Wildman–Crippen LogP) is 1.34. The van der Waals surface area contributed by atoms with E-state index in [1.807, 2.05) is 19.1 Å². The van der Waals surface area contributed by atoms with Crippen LogP contribution in [0.15, 0.2) is 12.1 Å². The highest BCUT2D eigenvalue weighted by molar-refractivity contribution is 5.98. The van der Waals surface area contributed by atoms with Crippen LogP contribution in [0.1, 0.15) is 41.6 Å². The number of carbonyl (C=O) groups excluding carboxylic acids is 1. The molecule has 0 spiro atoms. The number of carbonyl (C=O) groups is 1. The smallest absolute Gasteiger partial charge is 0.255 e. The third-order valence-electron chi connectivity index (χ3n) is 5.45. The molecule has 0 saturated carbocycles. The standard InChI is InChI=1S/C21H32N2O5/c1-15-11-17(20-19(12-15)27-9-4-10-28-20)21(26)22-13-16-5-7-23(14-18(16)25)6-2-3-8-24/h11-12,16,18,24-25H,2-10,13-14H2,1H3,(H,22,26). The lowest BCUT2D eigenvalue weighted by molar-refractivity contribution is 0.0212. The minimum atomic E-state index is -0.461. The summed E-state index contributed by atoms with van der Waals surface area (Å²) >= 11 is 0. The van der Waals surface area contributed by atoms with E-state index in [2.05, 4.69) is 10.2 Å². The predicted molar refractivity (Wildman–Crippen MR) is 106 cm³/mol. The van der Waals surface area contributed by atoms with Crippen molar-refractivity contribution >= 4 is 5.91 Å². The quantitative estimate of drug-likeness (QED) is 0.607. The van der Waals surface area contributed by atoms with Crippen molar-refractivity contribution < 1.29 is 24.5 Å². The first-order chi connectivity index (χ1) is 13.6.